The van der Waals surface area contributed by atoms with Crippen molar-refractivity contribution in [3.8, 4) is 0 Å². The van der Waals surface area contributed by atoms with Crippen molar-refractivity contribution in [3.05, 3.63) is 60.2 Å². The van der Waals surface area contributed by atoms with E-state index < -0.39 is 11.9 Å². The lowest BCUT2D eigenvalue weighted by molar-refractivity contribution is -0.119. The molecule has 1 atom stereocenters. The molecule has 3 aromatic rings. The minimum Gasteiger partial charge on any atom is -0.368 e. The van der Waals surface area contributed by atoms with Gasteiger partial charge in [0.25, 0.3) is 5.91 Å². The fraction of sp³-hybridized carbons (Fsp3) is 0.375. The van der Waals surface area contributed by atoms with Crippen LogP contribution in [0.3, 0.4) is 0 Å². The molecule has 9 nitrogen and oxygen atoms in total. The Hall–Kier alpha value is -3.59. The highest BCUT2D eigenvalue weighted by Crippen LogP contribution is 2.23. The largest absolute Gasteiger partial charge is 0.368 e. The Bertz CT molecular complexity index is 1130. The molecule has 1 fully saturated rings. The predicted octanol–water partition coefficient (Wildman–Crippen LogP) is 1.90. The number of hydrogen-bond donors (Lipinski definition) is 2. The number of aromatic nitrogens is 3. The highest BCUT2D eigenvalue weighted by Gasteiger charge is 2.24. The van der Waals surface area contributed by atoms with Gasteiger partial charge in [-0.1, -0.05) is 26.0 Å². The Balaban J connectivity index is 1.48. The van der Waals surface area contributed by atoms with E-state index in [9.17, 15) is 9.59 Å². The maximum absolute atomic E-state index is 12.7. The molecule has 0 aliphatic carbocycles. The van der Waals surface area contributed by atoms with Gasteiger partial charge in [0.2, 0.25) is 5.91 Å². The monoisotopic (exact) mass is 447 g/mol. The summed E-state index contributed by atoms with van der Waals surface area (Å²) < 4.78 is 0. The third-order valence-corrected chi connectivity index (χ3v) is 5.87. The number of pyridine rings is 1. The van der Waals surface area contributed by atoms with E-state index in [1.807, 2.05) is 43.0 Å². The van der Waals surface area contributed by atoms with Gasteiger partial charge in [0, 0.05) is 49.5 Å². The minimum absolute atomic E-state index is 0.0192. The molecule has 0 radical (unpaired) electrons. The Morgan fingerprint density at radius 1 is 1.03 bits per heavy atom. The van der Waals surface area contributed by atoms with Crippen molar-refractivity contribution in [2.24, 2.45) is 11.7 Å². The quantitative estimate of drug-likeness (QED) is 0.568. The molecule has 4 rings (SSSR count). The molecule has 9 heteroatoms. The number of nitrogens with one attached hydrogen (secondary N) is 1. The number of piperazine rings is 1. The number of benzene rings is 1. The van der Waals surface area contributed by atoms with Gasteiger partial charge in [-0.3, -0.25) is 19.5 Å². The summed E-state index contributed by atoms with van der Waals surface area (Å²) in [7, 11) is 0. The number of fused-ring (bicyclic) bond motifs is 1. The molecule has 0 spiro atoms. The van der Waals surface area contributed by atoms with Crippen molar-refractivity contribution in [1.82, 2.24) is 24.8 Å². The molecule has 1 aliphatic heterocycles. The van der Waals surface area contributed by atoms with Crippen LogP contribution in [0.4, 0.5) is 5.82 Å². The number of amides is 2. The van der Waals surface area contributed by atoms with Gasteiger partial charge in [0.05, 0.1) is 12.1 Å². The Kier molecular flexibility index (Phi) is 6.79. The molecule has 0 unspecified atom stereocenters. The van der Waals surface area contributed by atoms with Crippen LogP contribution in [0.25, 0.3) is 10.9 Å². The molecule has 0 bridgehead atoms. The average Bonchev–Trinajstić information content (AvgIpc) is 2.82. The van der Waals surface area contributed by atoms with E-state index in [4.69, 9.17) is 15.7 Å². The molecule has 3 heterocycles. The third-order valence-electron chi connectivity index (χ3n) is 5.87. The van der Waals surface area contributed by atoms with Crippen molar-refractivity contribution < 1.29 is 9.59 Å². The molecule has 1 saturated heterocycles. The van der Waals surface area contributed by atoms with Gasteiger partial charge in [-0.15, -0.1) is 0 Å². The minimum atomic E-state index is -0.529. The molecule has 1 aromatic carbocycles. The molecule has 172 valence electrons. The predicted molar refractivity (Wildman–Crippen MR) is 126 cm³/mol. The van der Waals surface area contributed by atoms with Crippen LogP contribution >= 0.6 is 0 Å². The first-order valence-electron chi connectivity index (χ1n) is 11.2. The topological polar surface area (TPSA) is 117 Å². The zero-order valence-electron chi connectivity index (χ0n) is 18.9. The van der Waals surface area contributed by atoms with Gasteiger partial charge in [-0.2, -0.15) is 0 Å². The first-order valence-corrected chi connectivity index (χ1v) is 11.2. The zero-order valence-corrected chi connectivity index (χ0v) is 18.9. The second-order valence-electron chi connectivity index (χ2n) is 8.58. The molecular formula is C24H29N7O2. The van der Waals surface area contributed by atoms with E-state index in [0.717, 1.165) is 24.0 Å². The Morgan fingerprint density at radius 3 is 2.39 bits per heavy atom. The van der Waals surface area contributed by atoms with E-state index >= 15 is 0 Å². The summed E-state index contributed by atoms with van der Waals surface area (Å²) in [5.41, 5.74) is 7.07. The number of carbonyl (C=O) groups is 2. The van der Waals surface area contributed by atoms with Crippen LogP contribution in [0.2, 0.25) is 0 Å². The number of rotatable bonds is 7. The number of primary amides is 1. The van der Waals surface area contributed by atoms with Gasteiger partial charge < -0.3 is 16.0 Å². The van der Waals surface area contributed by atoms with E-state index in [2.05, 4.69) is 15.2 Å². The first kappa shape index (κ1) is 22.6. The fourth-order valence-corrected chi connectivity index (χ4v) is 4.01. The summed E-state index contributed by atoms with van der Waals surface area (Å²) in [5.74, 6) is 0.906. The SMILES string of the molecule is CC(C)[C@H](Nc1nc(CN2CCN(C(=O)c3ccncc3)CC2)nc2ccccc12)C(N)=O. The van der Waals surface area contributed by atoms with Gasteiger partial charge >= 0.3 is 0 Å². The van der Waals surface area contributed by atoms with E-state index in [-0.39, 0.29) is 11.8 Å². The highest BCUT2D eigenvalue weighted by molar-refractivity contribution is 5.94. The van der Waals surface area contributed by atoms with Crippen molar-refractivity contribution in [2.45, 2.75) is 26.4 Å². The van der Waals surface area contributed by atoms with Crippen LogP contribution in [0.1, 0.15) is 30.0 Å². The molecule has 0 saturated carbocycles. The number of nitrogens with zero attached hydrogens (tertiary/aromatic N) is 5. The molecule has 33 heavy (non-hydrogen) atoms. The Morgan fingerprint density at radius 2 is 1.73 bits per heavy atom. The van der Waals surface area contributed by atoms with Gasteiger partial charge in [0.1, 0.15) is 17.7 Å². The lowest BCUT2D eigenvalue weighted by atomic mass is 10.0. The second-order valence-corrected chi connectivity index (χ2v) is 8.58. The number of nitrogens with two attached hydrogens (primary N) is 1. The van der Waals surface area contributed by atoms with Crippen LogP contribution < -0.4 is 11.1 Å². The number of anilines is 1. The molecular weight excluding hydrogens is 418 g/mol. The summed E-state index contributed by atoms with van der Waals surface area (Å²) in [6.45, 7) is 7.17. The summed E-state index contributed by atoms with van der Waals surface area (Å²) in [6.07, 6.45) is 3.27. The smallest absolute Gasteiger partial charge is 0.254 e. The summed E-state index contributed by atoms with van der Waals surface area (Å²) in [4.78, 5) is 42.2. The molecule has 1 aliphatic rings. The number of carbonyl (C=O) groups excluding carboxylic acids is 2. The van der Waals surface area contributed by atoms with E-state index in [1.54, 1.807) is 24.5 Å². The molecule has 2 aromatic heterocycles. The van der Waals surface area contributed by atoms with Gasteiger partial charge in [-0.05, 0) is 30.2 Å². The number of para-hydroxylation sites is 1. The van der Waals surface area contributed by atoms with Gasteiger partial charge in [0.15, 0.2) is 0 Å². The molecule has 3 N–H and O–H groups in total. The standard InChI is InChI=1S/C24H29N7O2/c1-16(2)21(22(25)32)29-23-18-5-3-4-6-19(18)27-20(28-23)15-30-11-13-31(14-12-30)24(33)17-7-9-26-10-8-17/h3-10,16,21H,11-15H2,1-2H3,(H2,25,32)(H,27,28,29)/t21-/m0/s1. The van der Waals surface area contributed by atoms with E-state index in [0.29, 0.717) is 36.8 Å². The maximum Gasteiger partial charge on any atom is 0.254 e. The van der Waals surface area contributed by atoms with Crippen molar-refractivity contribution in [3.63, 3.8) is 0 Å². The van der Waals surface area contributed by atoms with Crippen LogP contribution in [-0.2, 0) is 11.3 Å². The third kappa shape index (κ3) is 5.25. The number of hydrogen-bond acceptors (Lipinski definition) is 7. The van der Waals surface area contributed by atoms with E-state index in [1.165, 1.54) is 0 Å². The zero-order chi connectivity index (χ0) is 23.4. The lowest BCUT2D eigenvalue weighted by Crippen LogP contribution is -2.48. The van der Waals surface area contributed by atoms with Crippen molar-refractivity contribution in [1.29, 1.82) is 0 Å². The summed E-state index contributed by atoms with van der Waals surface area (Å²) >= 11 is 0. The van der Waals surface area contributed by atoms with Crippen molar-refractivity contribution in [2.75, 3.05) is 31.5 Å². The highest BCUT2D eigenvalue weighted by atomic mass is 16.2. The average molecular weight is 448 g/mol. The summed E-state index contributed by atoms with van der Waals surface area (Å²) in [5, 5.41) is 4.08. The Labute approximate surface area is 193 Å². The first-order chi connectivity index (χ1) is 15.9. The normalized spacial score (nSPS) is 15.5. The van der Waals surface area contributed by atoms with Crippen LogP contribution in [0.5, 0.6) is 0 Å². The van der Waals surface area contributed by atoms with Crippen molar-refractivity contribution >= 4 is 28.5 Å². The second kappa shape index (κ2) is 9.91. The van der Waals surface area contributed by atoms with Crippen LogP contribution in [-0.4, -0.2) is 68.8 Å². The van der Waals surface area contributed by atoms with Crippen LogP contribution in [0.15, 0.2) is 48.8 Å². The fourth-order valence-electron chi connectivity index (χ4n) is 4.01. The van der Waals surface area contributed by atoms with Gasteiger partial charge in [-0.25, -0.2) is 9.97 Å². The van der Waals surface area contributed by atoms with Crippen LogP contribution in [0, 0.1) is 5.92 Å². The lowest BCUT2D eigenvalue weighted by Gasteiger charge is -2.34. The molecule has 2 amide bonds. The maximum atomic E-state index is 12.7. The summed E-state index contributed by atoms with van der Waals surface area (Å²) in [6, 6.07) is 10.7.